The minimum absolute atomic E-state index is 0.0461. The van der Waals surface area contributed by atoms with Gasteiger partial charge < -0.3 is 8.85 Å². The highest BCUT2D eigenvalue weighted by Gasteiger charge is 2.49. The van der Waals surface area contributed by atoms with Crippen LogP contribution in [-0.2, 0) is 13.6 Å². The summed E-state index contributed by atoms with van der Waals surface area (Å²) in [6, 6.07) is 0. The lowest BCUT2D eigenvalue weighted by atomic mass is 9.82. The van der Waals surface area contributed by atoms with Crippen LogP contribution in [0.3, 0.4) is 0 Å². The summed E-state index contributed by atoms with van der Waals surface area (Å²) in [6.45, 7) is 22.9. The van der Waals surface area contributed by atoms with Gasteiger partial charge in [-0.1, -0.05) is 41.5 Å². The lowest BCUT2D eigenvalue weighted by Gasteiger charge is -2.48. The van der Waals surface area contributed by atoms with Gasteiger partial charge in [0.1, 0.15) is 0 Å². The minimum atomic E-state index is -1.95. The summed E-state index contributed by atoms with van der Waals surface area (Å²) in [6.07, 6.45) is 4.63. The van der Waals surface area contributed by atoms with E-state index in [0.29, 0.717) is 12.3 Å². The van der Waals surface area contributed by atoms with Crippen LogP contribution in [0.5, 0.6) is 0 Å². The molecule has 0 radical (unpaired) electrons. The summed E-state index contributed by atoms with van der Waals surface area (Å²) in [5, 5.41) is 0.315. The molecule has 0 amide bonds. The molecule has 0 aliphatic heterocycles. The van der Waals surface area contributed by atoms with Crippen LogP contribution >= 0.6 is 0 Å². The minimum Gasteiger partial charge on any atom is -0.411 e. The number of allylic oxidation sites excluding steroid dienone is 1. The second kappa shape index (κ2) is 6.98. The van der Waals surface area contributed by atoms with Crippen molar-refractivity contribution in [3.8, 4) is 0 Å². The van der Waals surface area contributed by atoms with Gasteiger partial charge in [-0.2, -0.15) is 0 Å². The molecule has 0 spiro atoms. The number of hydrogen-bond donors (Lipinski definition) is 0. The second-order valence-corrected chi connectivity index (χ2v) is 20.8. The molecule has 0 heterocycles. The third-order valence-corrected chi connectivity index (χ3v) is 16.2. The Hall–Kier alpha value is -0.236. The Morgan fingerprint density at radius 1 is 0.885 bits per heavy atom. The van der Waals surface area contributed by atoms with Gasteiger partial charge in [0, 0.05) is 6.42 Å². The standard InChI is InChI=1S/C21H40O3Si2/c1-20(2,3)25(7,8)23-18-12-11-15-13-16(22)14-17(15)19(18)24-26(9,10)21(4,5)6/h14-15,18-19H,11-13H2,1-10H3/t15-,18+,19+/m1/s1. The summed E-state index contributed by atoms with van der Waals surface area (Å²) < 4.78 is 13.7. The fourth-order valence-corrected chi connectivity index (χ4v) is 5.98. The van der Waals surface area contributed by atoms with Crippen molar-refractivity contribution in [2.75, 3.05) is 0 Å². The van der Waals surface area contributed by atoms with Crippen molar-refractivity contribution < 1.29 is 13.6 Å². The van der Waals surface area contributed by atoms with E-state index in [4.69, 9.17) is 8.85 Å². The average molecular weight is 397 g/mol. The Kier molecular flexibility index (Phi) is 5.92. The Labute approximate surface area is 163 Å². The van der Waals surface area contributed by atoms with Crippen molar-refractivity contribution in [3.63, 3.8) is 0 Å². The van der Waals surface area contributed by atoms with Crippen LogP contribution in [0.1, 0.15) is 60.8 Å². The molecule has 0 aromatic rings. The lowest BCUT2D eigenvalue weighted by Crippen LogP contribution is -2.54. The van der Waals surface area contributed by atoms with E-state index >= 15 is 0 Å². The molecule has 2 aliphatic rings. The van der Waals surface area contributed by atoms with Gasteiger partial charge in [0.2, 0.25) is 0 Å². The first-order chi connectivity index (χ1) is 11.6. The molecular formula is C21H40O3Si2. The summed E-state index contributed by atoms with van der Waals surface area (Å²) in [5.41, 5.74) is 1.22. The van der Waals surface area contributed by atoms with E-state index in [-0.39, 0.29) is 28.1 Å². The first-order valence-electron chi connectivity index (χ1n) is 10.2. The van der Waals surface area contributed by atoms with Crippen LogP contribution in [0.25, 0.3) is 0 Å². The Balaban J connectivity index is 2.34. The lowest BCUT2D eigenvalue weighted by molar-refractivity contribution is -0.114. The van der Waals surface area contributed by atoms with Gasteiger partial charge in [-0.05, 0) is 66.7 Å². The molecule has 3 atom stereocenters. The predicted molar refractivity (Wildman–Crippen MR) is 115 cm³/mol. The van der Waals surface area contributed by atoms with Crippen molar-refractivity contribution in [2.24, 2.45) is 5.92 Å². The van der Waals surface area contributed by atoms with Crippen molar-refractivity contribution in [2.45, 2.75) is 109 Å². The maximum Gasteiger partial charge on any atom is 0.193 e. The van der Waals surface area contributed by atoms with Gasteiger partial charge in [-0.25, -0.2) is 0 Å². The van der Waals surface area contributed by atoms with Gasteiger partial charge in [0.15, 0.2) is 22.4 Å². The molecule has 5 heteroatoms. The Morgan fingerprint density at radius 2 is 1.38 bits per heavy atom. The predicted octanol–water partition coefficient (Wildman–Crippen LogP) is 6.08. The normalized spacial score (nSPS) is 28.2. The maximum absolute atomic E-state index is 12.1. The van der Waals surface area contributed by atoms with E-state index in [1.54, 1.807) is 0 Å². The molecule has 0 bridgehead atoms. The van der Waals surface area contributed by atoms with Crippen LogP contribution in [0.15, 0.2) is 11.6 Å². The molecule has 2 aliphatic carbocycles. The van der Waals surface area contributed by atoms with Gasteiger partial charge >= 0.3 is 0 Å². The molecule has 0 aromatic heterocycles. The first kappa shape index (κ1) is 22.1. The highest BCUT2D eigenvalue weighted by Crippen LogP contribution is 2.46. The molecule has 0 aromatic carbocycles. The van der Waals surface area contributed by atoms with Gasteiger partial charge in [-0.3, -0.25) is 4.79 Å². The zero-order valence-corrected chi connectivity index (χ0v) is 20.7. The average Bonchev–Trinajstić information content (AvgIpc) is 2.79. The highest BCUT2D eigenvalue weighted by atomic mass is 28.4. The smallest absolute Gasteiger partial charge is 0.193 e. The quantitative estimate of drug-likeness (QED) is 0.540. The molecule has 150 valence electrons. The molecule has 3 nitrogen and oxygen atoms in total. The van der Waals surface area contributed by atoms with E-state index in [1.807, 2.05) is 6.08 Å². The van der Waals surface area contributed by atoms with E-state index in [0.717, 1.165) is 12.8 Å². The van der Waals surface area contributed by atoms with Crippen LogP contribution in [0.2, 0.25) is 36.3 Å². The van der Waals surface area contributed by atoms with E-state index < -0.39 is 16.6 Å². The van der Waals surface area contributed by atoms with Crippen LogP contribution in [0, 0.1) is 5.92 Å². The van der Waals surface area contributed by atoms with Crippen molar-refractivity contribution in [1.29, 1.82) is 0 Å². The summed E-state index contributed by atoms with van der Waals surface area (Å²) in [5.74, 6) is 0.637. The van der Waals surface area contributed by atoms with E-state index in [2.05, 4.69) is 67.7 Å². The molecule has 1 saturated carbocycles. The zero-order chi connectivity index (χ0) is 20.1. The monoisotopic (exact) mass is 396 g/mol. The third kappa shape index (κ3) is 4.42. The summed E-state index contributed by atoms with van der Waals surface area (Å²) in [7, 11) is -3.85. The highest BCUT2D eigenvalue weighted by molar-refractivity contribution is 6.74. The molecule has 0 N–H and O–H groups in total. The Bertz CT molecular complexity index is 579. The molecule has 1 fully saturated rings. The Morgan fingerprint density at radius 3 is 1.88 bits per heavy atom. The topological polar surface area (TPSA) is 35.5 Å². The second-order valence-electron chi connectivity index (χ2n) is 11.3. The number of carbonyl (C=O) groups is 1. The van der Waals surface area contributed by atoms with Gasteiger partial charge in [-0.15, -0.1) is 0 Å². The van der Waals surface area contributed by atoms with Crippen molar-refractivity contribution in [3.05, 3.63) is 11.6 Å². The molecule has 2 rings (SSSR count). The van der Waals surface area contributed by atoms with Crippen LogP contribution in [0.4, 0.5) is 0 Å². The number of carbonyl (C=O) groups excluding carboxylic acids is 1. The zero-order valence-electron chi connectivity index (χ0n) is 18.7. The molecular weight excluding hydrogens is 356 g/mol. The van der Waals surface area contributed by atoms with E-state index in [9.17, 15) is 4.79 Å². The van der Waals surface area contributed by atoms with Gasteiger partial charge in [0.25, 0.3) is 0 Å². The van der Waals surface area contributed by atoms with Crippen LogP contribution < -0.4 is 0 Å². The fourth-order valence-electron chi connectivity index (χ4n) is 3.35. The number of fused-ring (bicyclic) bond motifs is 1. The third-order valence-electron chi connectivity index (χ3n) is 7.19. The summed E-state index contributed by atoms with van der Waals surface area (Å²) >= 11 is 0. The molecule has 0 saturated heterocycles. The van der Waals surface area contributed by atoms with E-state index in [1.165, 1.54) is 5.57 Å². The summed E-state index contributed by atoms with van der Waals surface area (Å²) in [4.78, 5) is 12.1. The first-order valence-corrected chi connectivity index (χ1v) is 16.0. The fraction of sp³-hybridized carbons (Fsp3) is 0.857. The molecule has 26 heavy (non-hydrogen) atoms. The number of ketones is 1. The van der Waals surface area contributed by atoms with Crippen LogP contribution in [-0.4, -0.2) is 34.6 Å². The number of hydrogen-bond acceptors (Lipinski definition) is 3. The SMILES string of the molecule is CC(C)(C)[Si](C)(C)O[C@H]1CC[C@@H]2CC(=O)C=C2[C@@H]1O[Si](C)(C)C(C)(C)C. The molecule has 0 unspecified atom stereocenters. The number of rotatable bonds is 4. The largest absolute Gasteiger partial charge is 0.411 e. The van der Waals surface area contributed by atoms with Gasteiger partial charge in [0.05, 0.1) is 12.2 Å². The maximum atomic E-state index is 12.1. The van der Waals surface area contributed by atoms with Crippen molar-refractivity contribution in [1.82, 2.24) is 0 Å². The van der Waals surface area contributed by atoms with Crippen molar-refractivity contribution >= 4 is 22.4 Å².